The predicted octanol–water partition coefficient (Wildman–Crippen LogP) is 3.90. The fourth-order valence-corrected chi connectivity index (χ4v) is 3.38. The van der Waals surface area contributed by atoms with Gasteiger partial charge in [0, 0.05) is 11.3 Å². The first-order valence-corrected chi connectivity index (χ1v) is 9.38. The van der Waals surface area contributed by atoms with Crippen LogP contribution in [0.25, 0.3) is 5.69 Å². The van der Waals surface area contributed by atoms with Gasteiger partial charge in [0.2, 0.25) is 5.91 Å². The number of anilines is 1. The van der Waals surface area contributed by atoms with Crippen molar-refractivity contribution in [3.8, 4) is 5.69 Å². The summed E-state index contributed by atoms with van der Waals surface area (Å²) >= 11 is 1.34. The number of carbonyl (C=O) groups is 2. The number of amides is 1. The third-order valence-electron chi connectivity index (χ3n) is 4.10. The molecule has 0 aliphatic heterocycles. The molecule has 3 rings (SSSR count). The molecule has 0 aliphatic carbocycles. The second-order valence-corrected chi connectivity index (χ2v) is 7.46. The van der Waals surface area contributed by atoms with E-state index in [-0.39, 0.29) is 16.9 Å². The molecule has 0 saturated heterocycles. The van der Waals surface area contributed by atoms with E-state index in [4.69, 9.17) is 0 Å². The Morgan fingerprint density at radius 2 is 1.81 bits per heavy atom. The van der Waals surface area contributed by atoms with E-state index >= 15 is 0 Å². The number of benzene rings is 2. The normalized spacial score (nSPS) is 11.8. The Morgan fingerprint density at radius 1 is 1.11 bits per heavy atom. The van der Waals surface area contributed by atoms with Crippen molar-refractivity contribution in [2.24, 2.45) is 0 Å². The first-order valence-electron chi connectivity index (χ1n) is 8.50. The molecule has 0 saturated carbocycles. The fraction of sp³-hybridized carbons (Fsp3) is 0.200. The minimum absolute atomic E-state index is 0.00709. The highest BCUT2D eigenvalue weighted by molar-refractivity contribution is 8.00. The van der Waals surface area contributed by atoms with Crippen LogP contribution in [0, 0.1) is 6.92 Å². The standard InChI is InChI=1S/C20H20N4O2S/c1-13-6-4-5-7-18(13)24-12-21-23-20(24)27-15(3)19(26)22-17-10-8-16(9-11-17)14(2)25/h4-12,15H,1-3H3,(H,22,26). The van der Waals surface area contributed by atoms with Gasteiger partial charge in [-0.25, -0.2) is 0 Å². The van der Waals surface area contributed by atoms with Gasteiger partial charge < -0.3 is 5.32 Å². The van der Waals surface area contributed by atoms with Crippen molar-refractivity contribution in [1.29, 1.82) is 0 Å². The van der Waals surface area contributed by atoms with Crippen LogP contribution in [0.5, 0.6) is 0 Å². The van der Waals surface area contributed by atoms with Gasteiger partial charge in [-0.3, -0.25) is 14.2 Å². The highest BCUT2D eigenvalue weighted by atomic mass is 32.2. The number of aryl methyl sites for hydroxylation is 1. The Labute approximate surface area is 162 Å². The largest absolute Gasteiger partial charge is 0.325 e. The van der Waals surface area contributed by atoms with E-state index in [1.54, 1.807) is 30.6 Å². The van der Waals surface area contributed by atoms with Crippen LogP contribution in [-0.4, -0.2) is 31.7 Å². The summed E-state index contributed by atoms with van der Waals surface area (Å²) in [6.45, 7) is 5.35. The number of hydrogen-bond acceptors (Lipinski definition) is 5. The molecule has 0 fully saturated rings. The van der Waals surface area contributed by atoms with Crippen LogP contribution in [0.2, 0.25) is 0 Å². The molecule has 3 aromatic rings. The van der Waals surface area contributed by atoms with Gasteiger partial charge in [0.25, 0.3) is 0 Å². The molecule has 0 bridgehead atoms. The van der Waals surface area contributed by atoms with E-state index in [2.05, 4.69) is 15.5 Å². The molecule has 0 spiro atoms. The van der Waals surface area contributed by atoms with Crippen LogP contribution in [0.1, 0.15) is 29.8 Å². The summed E-state index contributed by atoms with van der Waals surface area (Å²) < 4.78 is 1.88. The number of nitrogens with zero attached hydrogens (tertiary/aromatic N) is 3. The van der Waals surface area contributed by atoms with Crippen molar-refractivity contribution in [2.75, 3.05) is 5.32 Å². The summed E-state index contributed by atoms with van der Waals surface area (Å²) in [5.41, 5.74) is 3.35. The molecule has 1 aromatic heterocycles. The van der Waals surface area contributed by atoms with Gasteiger partial charge in [0.15, 0.2) is 10.9 Å². The highest BCUT2D eigenvalue weighted by Gasteiger charge is 2.19. The second kappa shape index (κ2) is 8.18. The zero-order chi connectivity index (χ0) is 19.4. The van der Waals surface area contributed by atoms with E-state index in [1.807, 2.05) is 42.7 Å². The van der Waals surface area contributed by atoms with Crippen LogP contribution >= 0.6 is 11.8 Å². The second-order valence-electron chi connectivity index (χ2n) is 6.15. The van der Waals surface area contributed by atoms with E-state index in [0.717, 1.165) is 11.3 Å². The lowest BCUT2D eigenvalue weighted by molar-refractivity contribution is -0.115. The van der Waals surface area contributed by atoms with Crippen LogP contribution in [0.3, 0.4) is 0 Å². The molecule has 1 atom stereocenters. The average Bonchev–Trinajstić information content (AvgIpc) is 3.10. The first kappa shape index (κ1) is 18.8. The van der Waals surface area contributed by atoms with Crippen molar-refractivity contribution >= 4 is 29.1 Å². The summed E-state index contributed by atoms with van der Waals surface area (Å²) in [4.78, 5) is 23.8. The Bertz CT molecular complexity index is 966. The van der Waals surface area contributed by atoms with Crippen LogP contribution < -0.4 is 5.32 Å². The number of thioether (sulfide) groups is 1. The van der Waals surface area contributed by atoms with E-state index < -0.39 is 0 Å². The molecule has 0 radical (unpaired) electrons. The van der Waals surface area contributed by atoms with Gasteiger partial charge in [-0.15, -0.1) is 10.2 Å². The number of carbonyl (C=O) groups excluding carboxylic acids is 2. The molecule has 1 amide bonds. The maximum absolute atomic E-state index is 12.5. The molecule has 1 heterocycles. The zero-order valence-electron chi connectivity index (χ0n) is 15.3. The Morgan fingerprint density at radius 3 is 2.48 bits per heavy atom. The van der Waals surface area contributed by atoms with Crippen molar-refractivity contribution in [2.45, 2.75) is 31.2 Å². The smallest absolute Gasteiger partial charge is 0.237 e. The number of hydrogen-bond donors (Lipinski definition) is 1. The summed E-state index contributed by atoms with van der Waals surface area (Å²) in [5, 5.41) is 11.3. The van der Waals surface area contributed by atoms with Gasteiger partial charge in [-0.2, -0.15) is 0 Å². The number of nitrogens with one attached hydrogen (secondary N) is 1. The van der Waals surface area contributed by atoms with Gasteiger partial charge in [0.1, 0.15) is 6.33 Å². The van der Waals surface area contributed by atoms with Crippen molar-refractivity contribution < 1.29 is 9.59 Å². The number of aromatic nitrogens is 3. The molecular formula is C20H20N4O2S. The molecule has 27 heavy (non-hydrogen) atoms. The molecule has 138 valence electrons. The Kier molecular flexibility index (Phi) is 5.71. The summed E-state index contributed by atoms with van der Waals surface area (Å²) in [7, 11) is 0. The first-order chi connectivity index (χ1) is 13.0. The van der Waals surface area contributed by atoms with Crippen molar-refractivity contribution in [3.63, 3.8) is 0 Å². The monoisotopic (exact) mass is 380 g/mol. The molecule has 2 aromatic carbocycles. The highest BCUT2D eigenvalue weighted by Crippen LogP contribution is 2.26. The van der Waals surface area contributed by atoms with E-state index in [1.165, 1.54) is 18.7 Å². The van der Waals surface area contributed by atoms with Gasteiger partial charge >= 0.3 is 0 Å². The number of para-hydroxylation sites is 1. The lowest BCUT2D eigenvalue weighted by Gasteiger charge is -2.13. The van der Waals surface area contributed by atoms with Crippen molar-refractivity contribution in [1.82, 2.24) is 14.8 Å². The van der Waals surface area contributed by atoms with Crippen LogP contribution in [-0.2, 0) is 4.79 Å². The number of ketones is 1. The summed E-state index contributed by atoms with van der Waals surface area (Å²) in [6.07, 6.45) is 1.65. The van der Waals surface area contributed by atoms with E-state index in [0.29, 0.717) is 16.4 Å². The molecule has 1 unspecified atom stereocenters. The third-order valence-corrected chi connectivity index (χ3v) is 5.16. The van der Waals surface area contributed by atoms with Gasteiger partial charge in [-0.05, 0) is 56.7 Å². The maximum Gasteiger partial charge on any atom is 0.237 e. The summed E-state index contributed by atoms with van der Waals surface area (Å²) in [5.74, 6) is -0.151. The van der Waals surface area contributed by atoms with Gasteiger partial charge in [0.05, 0.1) is 10.9 Å². The zero-order valence-corrected chi connectivity index (χ0v) is 16.2. The number of rotatable bonds is 6. The van der Waals surface area contributed by atoms with Crippen molar-refractivity contribution in [3.05, 3.63) is 66.0 Å². The molecule has 0 aliphatic rings. The van der Waals surface area contributed by atoms with Gasteiger partial charge in [-0.1, -0.05) is 30.0 Å². The Hall–Kier alpha value is -2.93. The Balaban J connectivity index is 1.70. The summed E-state index contributed by atoms with van der Waals surface area (Å²) in [6, 6.07) is 14.8. The molecule has 1 N–H and O–H groups in total. The topological polar surface area (TPSA) is 76.9 Å². The fourth-order valence-electron chi connectivity index (χ4n) is 2.55. The molecule has 7 heteroatoms. The molecular weight excluding hydrogens is 360 g/mol. The van der Waals surface area contributed by atoms with E-state index in [9.17, 15) is 9.59 Å². The third kappa shape index (κ3) is 4.43. The van der Waals surface area contributed by atoms with Crippen LogP contribution in [0.4, 0.5) is 5.69 Å². The minimum Gasteiger partial charge on any atom is -0.325 e. The number of Topliss-reactive ketones (excluding diaryl/α,β-unsaturated/α-hetero) is 1. The minimum atomic E-state index is -0.371. The average molecular weight is 380 g/mol. The maximum atomic E-state index is 12.5. The SMILES string of the molecule is CC(=O)c1ccc(NC(=O)C(C)Sc2nncn2-c2ccccc2C)cc1. The predicted molar refractivity (Wildman–Crippen MR) is 106 cm³/mol. The lowest BCUT2D eigenvalue weighted by atomic mass is 10.1. The molecule has 6 nitrogen and oxygen atoms in total. The quantitative estimate of drug-likeness (QED) is 0.518. The lowest BCUT2D eigenvalue weighted by Crippen LogP contribution is -2.22. The van der Waals surface area contributed by atoms with Crippen LogP contribution in [0.15, 0.2) is 60.0 Å².